The summed E-state index contributed by atoms with van der Waals surface area (Å²) in [6, 6.07) is 1.69. The third-order valence-corrected chi connectivity index (χ3v) is 17.9. The highest BCUT2D eigenvalue weighted by Gasteiger charge is 2.26. The van der Waals surface area contributed by atoms with Crippen molar-refractivity contribution >= 4 is 0 Å². The molecule has 4 bridgehead atoms. The smallest absolute Gasteiger partial charge is 0.324 e. The summed E-state index contributed by atoms with van der Waals surface area (Å²) in [6.45, 7) is 27.1. The summed E-state index contributed by atoms with van der Waals surface area (Å²) in [7, 11) is 0. The summed E-state index contributed by atoms with van der Waals surface area (Å²) in [5.74, 6) is 0. The number of aryl methyl sites for hydroxylation is 1. The van der Waals surface area contributed by atoms with Crippen LogP contribution in [0.25, 0.3) is 0 Å². The van der Waals surface area contributed by atoms with Crippen molar-refractivity contribution in [3.05, 3.63) is 64.7 Å². The molecular formula is C64H120N6O4+2. The Morgan fingerprint density at radius 3 is 1.12 bits per heavy atom. The minimum atomic E-state index is -0.158. The number of hydrogen-bond acceptors (Lipinski definition) is 4. The summed E-state index contributed by atoms with van der Waals surface area (Å²) in [5.41, 5.74) is 2.17. The quantitative estimate of drug-likeness (QED) is 0.0600. The van der Waals surface area contributed by atoms with E-state index >= 15 is 0 Å². The van der Waals surface area contributed by atoms with Crippen LogP contribution in [0.2, 0.25) is 0 Å². The highest BCUT2D eigenvalue weighted by atomic mass is 16.2. The van der Waals surface area contributed by atoms with Crippen molar-refractivity contribution < 1.29 is 8.97 Å². The number of aromatic nitrogens is 4. The van der Waals surface area contributed by atoms with Crippen LogP contribution in [0.3, 0.4) is 0 Å². The van der Waals surface area contributed by atoms with E-state index in [1.165, 1.54) is 159 Å². The second-order valence-electron chi connectivity index (χ2n) is 23.7. The fourth-order valence-corrected chi connectivity index (χ4v) is 12.6. The van der Waals surface area contributed by atoms with Crippen LogP contribution >= 0.6 is 0 Å². The van der Waals surface area contributed by atoms with Gasteiger partial charge in [-0.15, -0.1) is 0 Å². The minimum absolute atomic E-state index is 0.0301. The third kappa shape index (κ3) is 24.3. The molecule has 428 valence electrons. The zero-order valence-electron chi connectivity index (χ0n) is 50.0. The number of unbranched alkanes of at least 4 members (excludes halogenated alkanes) is 21. The Hall–Kier alpha value is -2.72. The first-order valence-electron chi connectivity index (χ1n) is 32.4. The lowest BCUT2D eigenvalue weighted by molar-refractivity contribution is -0.927. The van der Waals surface area contributed by atoms with Gasteiger partial charge in [0, 0.05) is 49.2 Å². The molecular weight excluding hydrogens is 917 g/mol. The van der Waals surface area contributed by atoms with Crippen LogP contribution in [0.4, 0.5) is 0 Å². The zero-order chi connectivity index (χ0) is 53.7. The molecule has 2 unspecified atom stereocenters. The molecule has 1 aliphatic rings. The maximum atomic E-state index is 14.5. The van der Waals surface area contributed by atoms with Crippen LogP contribution < -0.4 is 22.5 Å². The van der Waals surface area contributed by atoms with Gasteiger partial charge in [0.2, 0.25) is 0 Å². The van der Waals surface area contributed by atoms with E-state index in [1.54, 1.807) is 10.6 Å². The van der Waals surface area contributed by atoms with Gasteiger partial charge in [-0.1, -0.05) is 143 Å². The molecule has 0 amide bonds. The van der Waals surface area contributed by atoms with Crippen molar-refractivity contribution in [2.75, 3.05) is 52.4 Å². The highest BCUT2D eigenvalue weighted by molar-refractivity contribution is 5.17. The molecule has 2 atom stereocenters. The molecule has 0 N–H and O–H groups in total. The van der Waals surface area contributed by atoms with Crippen molar-refractivity contribution in [3.8, 4) is 0 Å². The lowest BCUT2D eigenvalue weighted by atomic mass is 10.0. The molecule has 0 saturated heterocycles. The van der Waals surface area contributed by atoms with Gasteiger partial charge >= 0.3 is 11.4 Å². The van der Waals surface area contributed by atoms with E-state index in [-0.39, 0.29) is 22.5 Å². The molecule has 3 rings (SSSR count). The predicted molar refractivity (Wildman–Crippen MR) is 317 cm³/mol. The average Bonchev–Trinajstić information content (AvgIpc) is 3.39. The standard InChI is InChI=1S/C64H120N6O4/c1-8-13-16-19-22-25-28-35-46-60-59(7)66-48-37-32-43-54-69(11-4,51-40-29-26-23-20-17-14-9-2)53-42-31-36-47-65-58(6)57-61(71)67(63(65)73)49-38-33-44-55-70(12-5,52-41-30-27-24-21-18-15-10-3)56-45-34-39-50-68(62(60)72)64(66)74/h57H,8-56H2,1-7H3/q+2. The maximum absolute atomic E-state index is 14.5. The summed E-state index contributed by atoms with van der Waals surface area (Å²) in [5, 5.41) is 0. The molecule has 74 heavy (non-hydrogen) atoms. The first-order valence-corrected chi connectivity index (χ1v) is 32.4. The number of nitrogens with zero attached hydrogens (tertiary/aromatic N) is 6. The molecule has 0 spiro atoms. The van der Waals surface area contributed by atoms with Crippen molar-refractivity contribution in [2.24, 2.45) is 0 Å². The molecule has 0 saturated carbocycles. The molecule has 0 aliphatic carbocycles. The first-order chi connectivity index (χ1) is 36.0. The molecule has 0 radical (unpaired) electrons. The number of rotatable bonds is 29. The molecule has 1 aliphatic heterocycles. The van der Waals surface area contributed by atoms with Gasteiger partial charge in [0.25, 0.3) is 11.1 Å². The van der Waals surface area contributed by atoms with E-state index in [2.05, 4.69) is 41.5 Å². The SMILES string of the molecule is CCCCCCCCCCc1c(C)n2c(=O)n(c1=O)CCCCC[N+](CC)(CCCCCCCCCC)CCCCCn1c(=O)cc(C)n(c1=O)CCCCC[N+](CC)(CCCCCCCCCC)CCCCC2. The predicted octanol–water partition coefficient (Wildman–Crippen LogP) is 15.0. The van der Waals surface area contributed by atoms with Crippen molar-refractivity contribution in [1.82, 2.24) is 18.3 Å². The van der Waals surface area contributed by atoms with Crippen LogP contribution in [0.5, 0.6) is 0 Å². The van der Waals surface area contributed by atoms with E-state index in [0.29, 0.717) is 26.2 Å². The maximum Gasteiger partial charge on any atom is 0.331 e. The van der Waals surface area contributed by atoms with Gasteiger partial charge in [-0.05, 0) is 143 Å². The molecule has 2 aromatic rings. The van der Waals surface area contributed by atoms with Crippen LogP contribution in [-0.4, -0.2) is 79.6 Å². The van der Waals surface area contributed by atoms with Crippen LogP contribution in [-0.2, 0) is 32.6 Å². The lowest BCUT2D eigenvalue weighted by Crippen LogP contribution is -2.50. The summed E-state index contributed by atoms with van der Waals surface area (Å²) in [4.78, 5) is 56.0. The Morgan fingerprint density at radius 1 is 0.378 bits per heavy atom. The number of fused-ring (bicyclic) bond motifs is 4. The minimum Gasteiger partial charge on any atom is -0.324 e. The zero-order valence-corrected chi connectivity index (χ0v) is 50.0. The van der Waals surface area contributed by atoms with E-state index in [9.17, 15) is 19.2 Å². The van der Waals surface area contributed by atoms with Gasteiger partial charge in [-0.2, -0.15) is 0 Å². The van der Waals surface area contributed by atoms with Gasteiger partial charge in [0.1, 0.15) is 0 Å². The largest absolute Gasteiger partial charge is 0.331 e. The molecule has 2 aromatic heterocycles. The number of hydrogen-bond donors (Lipinski definition) is 0. The Morgan fingerprint density at radius 2 is 0.716 bits per heavy atom. The normalized spacial score (nSPS) is 19.6. The van der Waals surface area contributed by atoms with Gasteiger partial charge in [0.15, 0.2) is 0 Å². The summed E-state index contributed by atoms with van der Waals surface area (Å²) < 4.78 is 9.27. The molecule has 0 fully saturated rings. The topological polar surface area (TPSA) is 88.0 Å². The second kappa shape index (κ2) is 39.6. The first kappa shape index (κ1) is 65.6. The average molecular weight is 1040 g/mol. The second-order valence-corrected chi connectivity index (χ2v) is 23.7. The van der Waals surface area contributed by atoms with Crippen molar-refractivity contribution in [1.29, 1.82) is 0 Å². The molecule has 0 aromatic carbocycles. The Balaban J connectivity index is 1.87. The van der Waals surface area contributed by atoms with Gasteiger partial charge in [-0.25, -0.2) is 9.59 Å². The highest BCUT2D eigenvalue weighted by Crippen LogP contribution is 2.21. The fourth-order valence-electron chi connectivity index (χ4n) is 12.6. The van der Waals surface area contributed by atoms with Gasteiger partial charge in [-0.3, -0.25) is 27.9 Å². The lowest BCUT2D eigenvalue weighted by Gasteiger charge is -2.38. The summed E-state index contributed by atoms with van der Waals surface area (Å²) >= 11 is 0. The summed E-state index contributed by atoms with van der Waals surface area (Å²) in [6.07, 6.45) is 43.9. The van der Waals surface area contributed by atoms with E-state index in [1.807, 2.05) is 16.1 Å². The van der Waals surface area contributed by atoms with Crippen LogP contribution in [0.1, 0.15) is 283 Å². The van der Waals surface area contributed by atoms with E-state index in [0.717, 1.165) is 161 Å². The molecule has 10 nitrogen and oxygen atoms in total. The van der Waals surface area contributed by atoms with E-state index < -0.39 is 0 Å². The van der Waals surface area contributed by atoms with Gasteiger partial charge in [0.05, 0.1) is 52.4 Å². The third-order valence-electron chi connectivity index (χ3n) is 17.9. The number of quaternary nitrogens is 2. The van der Waals surface area contributed by atoms with Gasteiger partial charge < -0.3 is 8.97 Å². The van der Waals surface area contributed by atoms with Crippen LogP contribution in [0, 0.1) is 13.8 Å². The van der Waals surface area contributed by atoms with Crippen molar-refractivity contribution in [2.45, 2.75) is 312 Å². The monoisotopic (exact) mass is 1040 g/mol. The molecule has 10 heteroatoms. The Bertz CT molecular complexity index is 2000. The fraction of sp³-hybridized carbons (Fsp3) is 0.875. The molecule has 3 heterocycles. The van der Waals surface area contributed by atoms with Crippen molar-refractivity contribution in [3.63, 3.8) is 0 Å². The Labute approximate surface area is 454 Å². The Kier molecular flexibility index (Phi) is 35.1. The van der Waals surface area contributed by atoms with Crippen LogP contribution in [0.15, 0.2) is 25.2 Å². The van der Waals surface area contributed by atoms with E-state index in [4.69, 9.17) is 0 Å².